The van der Waals surface area contributed by atoms with Crippen LogP contribution in [-0.2, 0) is 14.3 Å². The van der Waals surface area contributed by atoms with Crippen molar-refractivity contribution in [2.45, 2.75) is 39.2 Å². The van der Waals surface area contributed by atoms with Gasteiger partial charge in [-0.15, -0.1) is 11.6 Å². The first-order chi connectivity index (χ1) is 17.2. The van der Waals surface area contributed by atoms with E-state index < -0.39 is 23.7 Å². The van der Waals surface area contributed by atoms with E-state index in [1.165, 1.54) is 17.7 Å². The number of carbonyl (C=O) groups is 3. The number of nitrogens with one attached hydrogen (secondary N) is 1. The molecule has 188 valence electrons. The molecule has 1 atom stereocenters. The van der Waals surface area contributed by atoms with Crippen LogP contribution in [0, 0.1) is 19.7 Å². The van der Waals surface area contributed by atoms with E-state index >= 15 is 0 Å². The lowest BCUT2D eigenvalue weighted by Crippen LogP contribution is -2.28. The second-order valence-corrected chi connectivity index (χ2v) is 8.63. The quantitative estimate of drug-likeness (QED) is 0.183. The van der Waals surface area contributed by atoms with Crippen molar-refractivity contribution in [2.75, 3.05) is 11.2 Å². The lowest BCUT2D eigenvalue weighted by Gasteiger charge is -2.16. The summed E-state index contributed by atoms with van der Waals surface area (Å²) in [5.74, 6) is -0.603. The van der Waals surface area contributed by atoms with Crippen LogP contribution < -0.4 is 10.1 Å². The van der Waals surface area contributed by atoms with Gasteiger partial charge in [0.05, 0.1) is 6.42 Å². The molecule has 0 aliphatic carbocycles. The van der Waals surface area contributed by atoms with Crippen LogP contribution in [0.1, 0.15) is 40.7 Å². The number of ether oxygens (including phenoxy) is 2. The number of ketones is 1. The number of hydrogen-bond donors (Lipinski definition) is 1. The largest absolute Gasteiger partial charge is 0.457 e. The van der Waals surface area contributed by atoms with E-state index in [2.05, 4.69) is 5.32 Å². The first-order valence-electron chi connectivity index (χ1n) is 11.5. The molecule has 1 amide bonds. The molecule has 0 spiro atoms. The summed E-state index contributed by atoms with van der Waals surface area (Å²) in [4.78, 5) is 37.1. The van der Waals surface area contributed by atoms with Crippen molar-refractivity contribution in [3.05, 3.63) is 89.2 Å². The Bertz CT molecular complexity index is 1210. The van der Waals surface area contributed by atoms with Crippen molar-refractivity contribution in [3.8, 4) is 11.5 Å². The fraction of sp³-hybridized carbons (Fsp3) is 0.250. The molecule has 3 aromatic rings. The maximum absolute atomic E-state index is 13.1. The third-order valence-corrected chi connectivity index (χ3v) is 5.69. The molecular weight excluding hydrogens is 485 g/mol. The van der Waals surface area contributed by atoms with Gasteiger partial charge in [-0.1, -0.05) is 6.07 Å². The van der Waals surface area contributed by atoms with Gasteiger partial charge in [0.25, 0.3) is 0 Å². The van der Waals surface area contributed by atoms with Crippen molar-refractivity contribution < 1.29 is 28.2 Å². The molecule has 8 heteroatoms. The molecule has 1 unspecified atom stereocenters. The van der Waals surface area contributed by atoms with Gasteiger partial charge in [0.15, 0.2) is 6.10 Å². The van der Waals surface area contributed by atoms with Gasteiger partial charge in [0.1, 0.15) is 17.3 Å². The highest BCUT2D eigenvalue weighted by atomic mass is 35.5. The predicted molar refractivity (Wildman–Crippen MR) is 136 cm³/mol. The van der Waals surface area contributed by atoms with Gasteiger partial charge in [0.2, 0.25) is 11.7 Å². The summed E-state index contributed by atoms with van der Waals surface area (Å²) >= 11 is 5.75. The van der Waals surface area contributed by atoms with Crippen LogP contribution >= 0.6 is 11.6 Å². The minimum atomic E-state index is -1.10. The van der Waals surface area contributed by atoms with Crippen LogP contribution in [0.15, 0.2) is 66.7 Å². The van der Waals surface area contributed by atoms with Gasteiger partial charge in [0, 0.05) is 30.0 Å². The Labute approximate surface area is 214 Å². The number of rotatable bonds is 11. The number of Topliss-reactive ketones (excluding diaryl/α,β-unsaturated/α-hetero) is 1. The maximum atomic E-state index is 13.1. The van der Waals surface area contributed by atoms with Crippen LogP contribution in [0.3, 0.4) is 0 Å². The van der Waals surface area contributed by atoms with Crippen molar-refractivity contribution in [2.24, 2.45) is 0 Å². The van der Waals surface area contributed by atoms with E-state index in [1.807, 2.05) is 32.0 Å². The standard InChI is InChI=1S/C28H27ClFNO5/c1-18-3-10-24(17-19(18)2)35-23-11-8-22(9-12-23)31-26(32)13-14-27(33)36-25(15-16-29)28(34)20-4-6-21(30)7-5-20/h3-12,17,25H,13-16H2,1-2H3,(H,31,32). The first kappa shape index (κ1) is 26.9. The van der Waals surface area contributed by atoms with E-state index in [9.17, 15) is 18.8 Å². The zero-order chi connectivity index (χ0) is 26.1. The molecule has 3 aromatic carbocycles. The number of hydrogen-bond acceptors (Lipinski definition) is 5. The molecule has 0 fully saturated rings. The summed E-state index contributed by atoms with van der Waals surface area (Å²) < 4.78 is 24.2. The highest BCUT2D eigenvalue weighted by molar-refractivity contribution is 6.18. The summed E-state index contributed by atoms with van der Waals surface area (Å²) in [7, 11) is 0. The number of anilines is 1. The van der Waals surface area contributed by atoms with Crippen LogP contribution in [-0.4, -0.2) is 29.6 Å². The number of amides is 1. The van der Waals surface area contributed by atoms with Crippen LogP contribution in [0.2, 0.25) is 0 Å². The fourth-order valence-electron chi connectivity index (χ4n) is 3.32. The highest BCUT2D eigenvalue weighted by Crippen LogP contribution is 2.25. The highest BCUT2D eigenvalue weighted by Gasteiger charge is 2.24. The number of aryl methyl sites for hydroxylation is 2. The van der Waals surface area contributed by atoms with Gasteiger partial charge >= 0.3 is 5.97 Å². The molecule has 0 saturated heterocycles. The molecular formula is C28H27ClFNO5. The topological polar surface area (TPSA) is 81.7 Å². The van der Waals surface area contributed by atoms with Crippen LogP contribution in [0.5, 0.6) is 11.5 Å². The zero-order valence-electron chi connectivity index (χ0n) is 20.1. The lowest BCUT2D eigenvalue weighted by molar-refractivity contribution is -0.148. The van der Waals surface area contributed by atoms with Gasteiger partial charge in [-0.05, 0) is 85.6 Å². The first-order valence-corrected chi connectivity index (χ1v) is 12.0. The number of alkyl halides is 1. The summed E-state index contributed by atoms with van der Waals surface area (Å²) in [6, 6.07) is 17.6. The Hall–Kier alpha value is -3.71. The van der Waals surface area contributed by atoms with E-state index in [1.54, 1.807) is 24.3 Å². The van der Waals surface area contributed by atoms with Gasteiger partial charge in [-0.2, -0.15) is 0 Å². The monoisotopic (exact) mass is 511 g/mol. The van der Waals surface area contributed by atoms with Crippen molar-refractivity contribution >= 4 is 34.9 Å². The lowest BCUT2D eigenvalue weighted by atomic mass is 10.0. The smallest absolute Gasteiger partial charge is 0.307 e. The Kier molecular flexibility index (Phi) is 9.59. The third-order valence-electron chi connectivity index (χ3n) is 5.47. The molecule has 0 saturated carbocycles. The molecule has 3 rings (SSSR count). The second-order valence-electron chi connectivity index (χ2n) is 8.25. The summed E-state index contributed by atoms with van der Waals surface area (Å²) in [5.41, 5.74) is 3.07. The molecule has 0 bridgehead atoms. The predicted octanol–water partition coefficient (Wildman–Crippen LogP) is 6.38. The Balaban J connectivity index is 1.48. The van der Waals surface area contributed by atoms with E-state index in [4.69, 9.17) is 21.1 Å². The minimum Gasteiger partial charge on any atom is -0.457 e. The van der Waals surface area contributed by atoms with E-state index in [-0.39, 0.29) is 36.6 Å². The van der Waals surface area contributed by atoms with Crippen LogP contribution in [0.4, 0.5) is 10.1 Å². The fourth-order valence-corrected chi connectivity index (χ4v) is 3.52. The van der Waals surface area contributed by atoms with Crippen LogP contribution in [0.25, 0.3) is 0 Å². The molecule has 0 radical (unpaired) electrons. The zero-order valence-corrected chi connectivity index (χ0v) is 20.8. The second kappa shape index (κ2) is 12.8. The SMILES string of the molecule is Cc1ccc(Oc2ccc(NC(=O)CCC(=O)OC(CCCl)C(=O)c3ccc(F)cc3)cc2)cc1C. The van der Waals surface area contributed by atoms with Gasteiger partial charge in [-0.25, -0.2) is 4.39 Å². The van der Waals surface area contributed by atoms with Gasteiger partial charge < -0.3 is 14.8 Å². The maximum Gasteiger partial charge on any atom is 0.307 e. The Morgan fingerprint density at radius 1 is 0.889 bits per heavy atom. The number of benzene rings is 3. The van der Waals surface area contributed by atoms with E-state index in [0.29, 0.717) is 11.4 Å². The summed E-state index contributed by atoms with van der Waals surface area (Å²) in [6.45, 7) is 4.04. The van der Waals surface area contributed by atoms with Crippen molar-refractivity contribution in [1.29, 1.82) is 0 Å². The number of esters is 1. The summed E-state index contributed by atoms with van der Waals surface area (Å²) in [6.07, 6.45) is -1.34. The molecule has 6 nitrogen and oxygen atoms in total. The molecule has 0 aromatic heterocycles. The molecule has 0 heterocycles. The van der Waals surface area contributed by atoms with Crippen molar-refractivity contribution in [1.82, 2.24) is 0 Å². The summed E-state index contributed by atoms with van der Waals surface area (Å²) in [5, 5.41) is 2.71. The Morgan fingerprint density at radius 3 is 2.19 bits per heavy atom. The average molecular weight is 512 g/mol. The minimum absolute atomic E-state index is 0.0919. The van der Waals surface area contributed by atoms with E-state index in [0.717, 1.165) is 23.4 Å². The molecule has 0 aliphatic rings. The van der Waals surface area contributed by atoms with Crippen molar-refractivity contribution in [3.63, 3.8) is 0 Å². The third kappa shape index (κ3) is 7.92. The Morgan fingerprint density at radius 2 is 1.56 bits per heavy atom. The normalized spacial score (nSPS) is 11.4. The molecule has 1 N–H and O–H groups in total. The number of halogens is 2. The average Bonchev–Trinajstić information content (AvgIpc) is 2.86. The number of carbonyl (C=O) groups excluding carboxylic acids is 3. The van der Waals surface area contributed by atoms with Gasteiger partial charge in [-0.3, -0.25) is 14.4 Å². The molecule has 0 aliphatic heterocycles. The molecule has 36 heavy (non-hydrogen) atoms.